The van der Waals surface area contributed by atoms with Crippen LogP contribution in [0.3, 0.4) is 0 Å². The van der Waals surface area contributed by atoms with Crippen molar-refractivity contribution in [2.75, 3.05) is 25.0 Å². The number of pyridine rings is 1. The highest BCUT2D eigenvalue weighted by molar-refractivity contribution is 6.30. The number of imidazole rings is 1. The molecule has 12 nitrogen and oxygen atoms in total. The first-order valence-electron chi connectivity index (χ1n) is 16.7. The largest absolute Gasteiger partial charge is 0.473 e. The molecule has 2 fully saturated rings. The number of aromatic nitrogens is 7. The molecule has 256 valence electrons. The maximum absolute atomic E-state index is 14.2. The van der Waals surface area contributed by atoms with Crippen molar-refractivity contribution < 1.29 is 18.7 Å². The molecule has 0 saturated carbocycles. The minimum atomic E-state index is -0.398. The van der Waals surface area contributed by atoms with Gasteiger partial charge < -0.3 is 14.0 Å². The van der Waals surface area contributed by atoms with Crippen molar-refractivity contribution in [3.05, 3.63) is 100.0 Å². The van der Waals surface area contributed by atoms with Crippen LogP contribution in [-0.4, -0.2) is 71.3 Å². The predicted octanol–water partition coefficient (Wildman–Crippen LogP) is 6.20. The van der Waals surface area contributed by atoms with E-state index in [0.717, 1.165) is 67.2 Å². The summed E-state index contributed by atoms with van der Waals surface area (Å²) in [6.07, 6.45) is 4.64. The van der Waals surface area contributed by atoms with Crippen LogP contribution in [0.4, 0.5) is 10.3 Å². The van der Waals surface area contributed by atoms with E-state index in [2.05, 4.69) is 34.9 Å². The SMILES string of the molecule is Cc1n[nH]c2cnc(NC(=O)c3ccc4c(c3)nc(CN3CCC(c5cccc(OCc6ccc(Cl)cc6F)n5)CC3)n4C[C@@H]3CCO3)nc12. The molecule has 50 heavy (non-hydrogen) atoms. The number of nitrogens with one attached hydrogen (secondary N) is 2. The summed E-state index contributed by atoms with van der Waals surface area (Å²) in [6.45, 7) is 5.84. The van der Waals surface area contributed by atoms with Crippen molar-refractivity contribution >= 4 is 45.5 Å². The Balaban J connectivity index is 0.939. The van der Waals surface area contributed by atoms with Crippen LogP contribution >= 0.6 is 11.6 Å². The van der Waals surface area contributed by atoms with Gasteiger partial charge in [-0.15, -0.1) is 0 Å². The summed E-state index contributed by atoms with van der Waals surface area (Å²) < 4.78 is 28.1. The highest BCUT2D eigenvalue weighted by Gasteiger charge is 2.26. The molecule has 2 saturated heterocycles. The van der Waals surface area contributed by atoms with Crippen molar-refractivity contribution in [2.45, 2.75) is 57.9 Å². The zero-order valence-electron chi connectivity index (χ0n) is 27.4. The van der Waals surface area contributed by atoms with Crippen LogP contribution in [0.25, 0.3) is 22.1 Å². The molecule has 0 aliphatic carbocycles. The third-order valence-corrected chi connectivity index (χ3v) is 9.71. The second-order valence-corrected chi connectivity index (χ2v) is 13.3. The van der Waals surface area contributed by atoms with Crippen molar-refractivity contribution in [2.24, 2.45) is 0 Å². The van der Waals surface area contributed by atoms with Crippen LogP contribution in [0.1, 0.15) is 58.3 Å². The number of carbonyl (C=O) groups excluding carboxylic acids is 1. The lowest BCUT2D eigenvalue weighted by molar-refractivity contribution is -0.0592. The molecule has 2 N–H and O–H groups in total. The first-order chi connectivity index (χ1) is 24.4. The highest BCUT2D eigenvalue weighted by atomic mass is 35.5. The minimum Gasteiger partial charge on any atom is -0.473 e. The Morgan fingerprint density at radius 3 is 2.76 bits per heavy atom. The van der Waals surface area contributed by atoms with Gasteiger partial charge in [-0.25, -0.2) is 24.3 Å². The zero-order chi connectivity index (χ0) is 34.2. The average Bonchev–Trinajstić information content (AvgIpc) is 3.64. The van der Waals surface area contributed by atoms with E-state index >= 15 is 0 Å². The monoisotopic (exact) mass is 695 g/mol. The van der Waals surface area contributed by atoms with E-state index in [1.807, 2.05) is 37.3 Å². The number of halogens is 2. The van der Waals surface area contributed by atoms with Crippen LogP contribution in [0.2, 0.25) is 5.02 Å². The van der Waals surface area contributed by atoms with Gasteiger partial charge in [0.05, 0.1) is 42.1 Å². The lowest BCUT2D eigenvalue weighted by Crippen LogP contribution is -2.35. The molecule has 8 rings (SSSR count). The molecule has 14 heteroatoms. The Bertz CT molecular complexity index is 2190. The summed E-state index contributed by atoms with van der Waals surface area (Å²) in [4.78, 5) is 34.2. The number of aryl methyl sites for hydroxylation is 1. The molecule has 2 aliphatic rings. The fraction of sp³-hybridized carbons (Fsp3) is 0.333. The number of aromatic amines is 1. The highest BCUT2D eigenvalue weighted by Crippen LogP contribution is 2.30. The van der Waals surface area contributed by atoms with Crippen LogP contribution in [-0.2, 0) is 24.4 Å². The van der Waals surface area contributed by atoms with Gasteiger partial charge >= 0.3 is 0 Å². The van der Waals surface area contributed by atoms with Gasteiger partial charge in [0.25, 0.3) is 5.91 Å². The summed E-state index contributed by atoms with van der Waals surface area (Å²) in [5, 5.41) is 10.2. The zero-order valence-corrected chi connectivity index (χ0v) is 28.2. The van der Waals surface area contributed by atoms with Gasteiger partial charge in [-0.05, 0) is 75.7 Å². The maximum atomic E-state index is 14.2. The van der Waals surface area contributed by atoms with Crippen molar-refractivity contribution in [1.29, 1.82) is 0 Å². The number of nitrogens with zero attached hydrogens (tertiary/aromatic N) is 7. The van der Waals surface area contributed by atoms with E-state index in [4.69, 9.17) is 31.0 Å². The molecule has 4 aromatic heterocycles. The predicted molar refractivity (Wildman–Crippen MR) is 186 cm³/mol. The number of hydrogen-bond donors (Lipinski definition) is 2. The molecule has 2 aliphatic heterocycles. The van der Waals surface area contributed by atoms with E-state index in [1.54, 1.807) is 24.4 Å². The van der Waals surface area contributed by atoms with E-state index < -0.39 is 5.82 Å². The summed E-state index contributed by atoms with van der Waals surface area (Å²) in [7, 11) is 0. The van der Waals surface area contributed by atoms with Gasteiger partial charge in [0, 0.05) is 40.4 Å². The average molecular weight is 696 g/mol. The third kappa shape index (κ3) is 6.76. The summed E-state index contributed by atoms with van der Waals surface area (Å²) in [6, 6.07) is 15.9. The normalized spacial score (nSPS) is 16.9. The minimum absolute atomic E-state index is 0.0768. The summed E-state index contributed by atoms with van der Waals surface area (Å²) in [5.74, 6) is 1.21. The molecule has 2 aromatic carbocycles. The van der Waals surface area contributed by atoms with E-state index in [0.29, 0.717) is 46.2 Å². The van der Waals surface area contributed by atoms with E-state index in [-0.39, 0.29) is 30.5 Å². The number of carbonyl (C=O) groups is 1. The number of amides is 1. The molecule has 6 heterocycles. The van der Waals surface area contributed by atoms with Crippen molar-refractivity contribution in [3.8, 4) is 5.88 Å². The number of benzene rings is 2. The van der Waals surface area contributed by atoms with E-state index in [1.165, 1.54) is 6.07 Å². The summed E-state index contributed by atoms with van der Waals surface area (Å²) >= 11 is 5.88. The Hall–Kier alpha value is -4.98. The van der Waals surface area contributed by atoms with Gasteiger partial charge in [-0.1, -0.05) is 23.7 Å². The summed E-state index contributed by atoms with van der Waals surface area (Å²) in [5.41, 5.74) is 5.70. The first-order valence-corrected chi connectivity index (χ1v) is 17.1. The molecule has 0 bridgehead atoms. The molecule has 0 spiro atoms. The van der Waals surface area contributed by atoms with Crippen molar-refractivity contribution in [1.82, 2.24) is 39.6 Å². The van der Waals surface area contributed by atoms with Gasteiger partial charge in [0.2, 0.25) is 11.8 Å². The number of ether oxygens (including phenoxy) is 2. The molecule has 6 aromatic rings. The molecule has 1 amide bonds. The van der Waals surface area contributed by atoms with Crippen LogP contribution in [0.15, 0.2) is 60.8 Å². The molecular formula is C36H35ClFN9O3. The standard InChI is InChI=1S/C36H35ClFN9O3/c1-21-34-30(45-44-21)17-39-36(42-34)43-35(48)23-6-8-31-29(15-23)40-32(47(31)18-26-11-14-49-26)19-46-12-9-22(10-13-46)28-3-2-4-33(41-28)50-20-24-5-7-25(37)16-27(24)38/h2-8,15-17,22,26H,9-14,18-20H2,1H3,(H,44,45)(H,39,42,43,48)/t26-/m0/s1. The number of fused-ring (bicyclic) bond motifs is 2. The number of piperidine rings is 1. The van der Waals surface area contributed by atoms with E-state index in [9.17, 15) is 9.18 Å². The number of rotatable bonds is 10. The number of H-pyrrole nitrogens is 1. The fourth-order valence-electron chi connectivity index (χ4n) is 6.56. The van der Waals surface area contributed by atoms with Gasteiger partial charge in [-0.2, -0.15) is 5.10 Å². The smallest absolute Gasteiger partial charge is 0.258 e. The van der Waals surface area contributed by atoms with Gasteiger partial charge in [0.15, 0.2) is 0 Å². The second-order valence-electron chi connectivity index (χ2n) is 12.8. The van der Waals surface area contributed by atoms with Crippen LogP contribution < -0.4 is 10.1 Å². The number of hydrogen-bond acceptors (Lipinski definition) is 9. The lowest BCUT2D eigenvalue weighted by atomic mass is 9.93. The second kappa shape index (κ2) is 13.7. The van der Waals surface area contributed by atoms with Crippen LogP contribution in [0, 0.1) is 12.7 Å². The van der Waals surface area contributed by atoms with Crippen molar-refractivity contribution in [3.63, 3.8) is 0 Å². The Kier molecular flexibility index (Phi) is 8.85. The van der Waals surface area contributed by atoms with Crippen LogP contribution in [0.5, 0.6) is 5.88 Å². The molecular weight excluding hydrogens is 661 g/mol. The first kappa shape index (κ1) is 32.2. The Labute approximate surface area is 292 Å². The topological polar surface area (TPSA) is 136 Å². The lowest BCUT2D eigenvalue weighted by Gasteiger charge is -2.32. The Morgan fingerprint density at radius 2 is 1.96 bits per heavy atom. The Morgan fingerprint density at radius 1 is 1.10 bits per heavy atom. The molecule has 0 unspecified atom stereocenters. The quantitative estimate of drug-likeness (QED) is 0.172. The van der Waals surface area contributed by atoms with Gasteiger partial charge in [-0.3, -0.25) is 20.1 Å². The maximum Gasteiger partial charge on any atom is 0.258 e. The fourth-order valence-corrected chi connectivity index (χ4v) is 6.72. The number of likely N-dealkylation sites (tertiary alicyclic amines) is 1. The molecule has 1 atom stereocenters. The third-order valence-electron chi connectivity index (χ3n) is 9.48. The van der Waals surface area contributed by atoms with Gasteiger partial charge in [0.1, 0.15) is 29.3 Å². The molecule has 0 radical (unpaired) electrons. The number of anilines is 1.